The predicted molar refractivity (Wildman–Crippen MR) is 107 cm³/mol. The lowest BCUT2D eigenvalue weighted by Gasteiger charge is -2.35. The number of amides is 1. The van der Waals surface area contributed by atoms with Crippen molar-refractivity contribution >= 4 is 34.2 Å². The fourth-order valence-electron chi connectivity index (χ4n) is 3.50. The molecule has 27 heavy (non-hydrogen) atoms. The zero-order valence-electron chi connectivity index (χ0n) is 15.4. The van der Waals surface area contributed by atoms with E-state index in [9.17, 15) is 4.79 Å². The third-order valence-electron chi connectivity index (χ3n) is 5.10. The van der Waals surface area contributed by atoms with Gasteiger partial charge in [0.05, 0.1) is 7.11 Å². The highest BCUT2D eigenvalue weighted by molar-refractivity contribution is 6.31. The molecular formula is C21H21ClN2O3. The SMILES string of the molecule is COc1ccc(N2CCN(C(=O)c3oc4ccc(Cl)cc4c3C)CC2)cc1. The average Bonchev–Trinajstić information content (AvgIpc) is 3.04. The van der Waals surface area contributed by atoms with Gasteiger partial charge in [0.2, 0.25) is 0 Å². The number of piperazine rings is 1. The molecule has 1 amide bonds. The molecule has 1 saturated heterocycles. The lowest BCUT2D eigenvalue weighted by Crippen LogP contribution is -2.48. The van der Waals surface area contributed by atoms with Crippen molar-refractivity contribution in [3.8, 4) is 5.75 Å². The number of furan rings is 1. The van der Waals surface area contributed by atoms with Crippen molar-refractivity contribution < 1.29 is 13.9 Å². The number of carbonyl (C=O) groups excluding carboxylic acids is 1. The Morgan fingerprint density at radius 3 is 2.44 bits per heavy atom. The Balaban J connectivity index is 1.47. The summed E-state index contributed by atoms with van der Waals surface area (Å²) < 4.78 is 11.0. The van der Waals surface area contributed by atoms with Crippen molar-refractivity contribution in [2.24, 2.45) is 0 Å². The molecule has 1 aromatic heterocycles. The third-order valence-corrected chi connectivity index (χ3v) is 5.33. The summed E-state index contributed by atoms with van der Waals surface area (Å²) in [6.45, 7) is 4.78. The number of hydrogen-bond donors (Lipinski definition) is 0. The number of ether oxygens (including phenoxy) is 1. The van der Waals surface area contributed by atoms with E-state index in [0.717, 1.165) is 35.5 Å². The summed E-state index contributed by atoms with van der Waals surface area (Å²) in [7, 11) is 1.66. The van der Waals surface area contributed by atoms with Crippen LogP contribution in [0.1, 0.15) is 16.1 Å². The second-order valence-corrected chi connectivity index (χ2v) is 7.11. The number of anilines is 1. The molecule has 140 valence electrons. The van der Waals surface area contributed by atoms with Crippen LogP contribution in [0.2, 0.25) is 5.02 Å². The van der Waals surface area contributed by atoms with Crippen LogP contribution in [0.5, 0.6) is 5.75 Å². The van der Waals surface area contributed by atoms with Crippen molar-refractivity contribution in [1.82, 2.24) is 4.90 Å². The van der Waals surface area contributed by atoms with Crippen LogP contribution in [0.3, 0.4) is 0 Å². The van der Waals surface area contributed by atoms with Gasteiger partial charge in [-0.05, 0) is 49.4 Å². The summed E-state index contributed by atoms with van der Waals surface area (Å²) in [5.74, 6) is 1.19. The standard InChI is InChI=1S/C21H21ClN2O3/c1-14-18-13-15(22)3-8-19(18)27-20(14)21(25)24-11-9-23(10-12-24)16-4-6-17(26-2)7-5-16/h3-8,13H,9-12H2,1-2H3. The molecule has 1 fully saturated rings. The third kappa shape index (κ3) is 3.35. The highest BCUT2D eigenvalue weighted by Gasteiger charge is 2.26. The highest BCUT2D eigenvalue weighted by Crippen LogP contribution is 2.29. The van der Waals surface area contributed by atoms with Crippen LogP contribution >= 0.6 is 11.6 Å². The molecule has 1 aliphatic heterocycles. The minimum atomic E-state index is -0.0609. The number of methoxy groups -OCH3 is 1. The topological polar surface area (TPSA) is 45.9 Å². The van der Waals surface area contributed by atoms with Crippen LogP contribution in [-0.2, 0) is 0 Å². The maximum absolute atomic E-state index is 13.0. The smallest absolute Gasteiger partial charge is 0.290 e. The van der Waals surface area contributed by atoms with Gasteiger partial charge in [0, 0.05) is 47.8 Å². The molecule has 0 N–H and O–H groups in total. The maximum atomic E-state index is 13.0. The van der Waals surface area contributed by atoms with E-state index in [1.54, 1.807) is 13.2 Å². The van der Waals surface area contributed by atoms with Gasteiger partial charge < -0.3 is 19.0 Å². The molecule has 0 spiro atoms. The Hall–Kier alpha value is -2.66. The summed E-state index contributed by atoms with van der Waals surface area (Å²) in [5.41, 5.74) is 2.67. The lowest BCUT2D eigenvalue weighted by molar-refractivity contribution is 0.0716. The Labute approximate surface area is 163 Å². The first-order valence-corrected chi connectivity index (χ1v) is 9.31. The minimum Gasteiger partial charge on any atom is -0.497 e. The molecule has 6 heteroatoms. The van der Waals surface area contributed by atoms with E-state index < -0.39 is 0 Å². The van der Waals surface area contributed by atoms with Gasteiger partial charge in [-0.3, -0.25) is 4.79 Å². The number of fused-ring (bicyclic) bond motifs is 1. The van der Waals surface area contributed by atoms with Gasteiger partial charge in [-0.1, -0.05) is 11.6 Å². The average molecular weight is 385 g/mol. The number of rotatable bonds is 3. The Morgan fingerprint density at radius 1 is 1.07 bits per heavy atom. The zero-order chi connectivity index (χ0) is 19.0. The first-order chi connectivity index (χ1) is 13.1. The van der Waals surface area contributed by atoms with Crippen LogP contribution in [0.15, 0.2) is 46.9 Å². The van der Waals surface area contributed by atoms with E-state index in [0.29, 0.717) is 29.5 Å². The number of benzene rings is 2. The van der Waals surface area contributed by atoms with Crippen molar-refractivity contribution in [3.63, 3.8) is 0 Å². The molecule has 2 heterocycles. The lowest BCUT2D eigenvalue weighted by atomic mass is 10.1. The Morgan fingerprint density at radius 2 is 1.78 bits per heavy atom. The first kappa shape index (κ1) is 17.7. The van der Waals surface area contributed by atoms with Crippen molar-refractivity contribution in [3.05, 3.63) is 58.8 Å². The molecule has 2 aromatic carbocycles. The number of aryl methyl sites for hydroxylation is 1. The van der Waals surface area contributed by atoms with Crippen molar-refractivity contribution in [2.75, 3.05) is 38.2 Å². The molecule has 0 atom stereocenters. The quantitative estimate of drug-likeness (QED) is 0.672. The molecule has 5 nitrogen and oxygen atoms in total. The van der Waals surface area contributed by atoms with E-state index in [-0.39, 0.29) is 5.91 Å². The monoisotopic (exact) mass is 384 g/mol. The maximum Gasteiger partial charge on any atom is 0.290 e. The Kier molecular flexibility index (Phi) is 4.70. The van der Waals surface area contributed by atoms with Gasteiger partial charge in [0.25, 0.3) is 5.91 Å². The fourth-order valence-corrected chi connectivity index (χ4v) is 3.67. The molecule has 0 radical (unpaired) electrons. The number of hydrogen-bond acceptors (Lipinski definition) is 4. The summed E-state index contributed by atoms with van der Waals surface area (Å²) >= 11 is 6.07. The number of carbonyl (C=O) groups is 1. The van der Waals surface area contributed by atoms with E-state index in [4.69, 9.17) is 20.8 Å². The first-order valence-electron chi connectivity index (χ1n) is 8.94. The molecule has 1 aliphatic rings. The summed E-state index contributed by atoms with van der Waals surface area (Å²) in [5, 5.41) is 1.53. The van der Waals surface area contributed by atoms with Gasteiger partial charge in [-0.15, -0.1) is 0 Å². The van der Waals surface area contributed by atoms with E-state index in [1.165, 1.54) is 0 Å². The van der Waals surface area contributed by atoms with E-state index in [1.807, 2.05) is 48.2 Å². The van der Waals surface area contributed by atoms with Gasteiger partial charge in [-0.2, -0.15) is 0 Å². The zero-order valence-corrected chi connectivity index (χ0v) is 16.1. The number of halogens is 1. The normalized spacial score (nSPS) is 14.6. The van der Waals surface area contributed by atoms with Crippen LogP contribution in [0.4, 0.5) is 5.69 Å². The molecule has 0 saturated carbocycles. The largest absolute Gasteiger partial charge is 0.497 e. The second-order valence-electron chi connectivity index (χ2n) is 6.67. The minimum absolute atomic E-state index is 0.0609. The predicted octanol–water partition coefficient (Wildman–Crippen LogP) is 4.37. The molecule has 3 aromatic rings. The Bertz CT molecular complexity index is 973. The summed E-state index contributed by atoms with van der Waals surface area (Å²) in [6.07, 6.45) is 0. The second kappa shape index (κ2) is 7.16. The van der Waals surface area contributed by atoms with Crippen LogP contribution in [-0.4, -0.2) is 44.1 Å². The molecule has 0 aliphatic carbocycles. The molecule has 0 unspecified atom stereocenters. The number of nitrogens with zero attached hydrogens (tertiary/aromatic N) is 2. The van der Waals surface area contributed by atoms with E-state index >= 15 is 0 Å². The molecule has 0 bridgehead atoms. The fraction of sp³-hybridized carbons (Fsp3) is 0.286. The summed E-state index contributed by atoms with van der Waals surface area (Å²) in [4.78, 5) is 17.1. The van der Waals surface area contributed by atoms with Crippen LogP contribution in [0, 0.1) is 6.92 Å². The van der Waals surface area contributed by atoms with Gasteiger partial charge >= 0.3 is 0 Å². The van der Waals surface area contributed by atoms with Gasteiger partial charge in [-0.25, -0.2) is 0 Å². The van der Waals surface area contributed by atoms with Crippen LogP contribution in [0.25, 0.3) is 11.0 Å². The van der Waals surface area contributed by atoms with Crippen molar-refractivity contribution in [2.45, 2.75) is 6.92 Å². The highest BCUT2D eigenvalue weighted by atomic mass is 35.5. The summed E-state index contributed by atoms with van der Waals surface area (Å²) in [6, 6.07) is 13.4. The van der Waals surface area contributed by atoms with E-state index in [2.05, 4.69) is 4.90 Å². The molecular weight excluding hydrogens is 364 g/mol. The van der Waals surface area contributed by atoms with Gasteiger partial charge in [0.1, 0.15) is 11.3 Å². The van der Waals surface area contributed by atoms with Crippen LogP contribution < -0.4 is 9.64 Å². The van der Waals surface area contributed by atoms with Crippen molar-refractivity contribution in [1.29, 1.82) is 0 Å². The molecule has 4 rings (SSSR count). The van der Waals surface area contributed by atoms with Gasteiger partial charge in [0.15, 0.2) is 5.76 Å².